The van der Waals surface area contributed by atoms with E-state index in [-0.39, 0.29) is 17.9 Å². The first-order valence-electron chi connectivity index (χ1n) is 8.29. The quantitative estimate of drug-likeness (QED) is 0.795. The molecule has 1 fully saturated rings. The van der Waals surface area contributed by atoms with Crippen LogP contribution in [-0.2, 0) is 4.74 Å². The Morgan fingerprint density at radius 1 is 1.22 bits per heavy atom. The highest BCUT2D eigenvalue weighted by atomic mass is 16.6. The lowest BCUT2D eigenvalue weighted by Gasteiger charge is -2.32. The van der Waals surface area contributed by atoms with Gasteiger partial charge >= 0.3 is 6.09 Å². The minimum absolute atomic E-state index is 0.0489. The van der Waals surface area contributed by atoms with Crippen LogP contribution in [0.15, 0.2) is 24.5 Å². The number of aromatic nitrogens is 1. The number of hydrogen-bond acceptors (Lipinski definition) is 4. The number of amides is 1. The highest BCUT2D eigenvalue weighted by Gasteiger charge is 2.30. The molecular formula is C18H26N2O3. The van der Waals surface area contributed by atoms with E-state index < -0.39 is 5.60 Å². The molecule has 5 nitrogen and oxygen atoms in total. The van der Waals surface area contributed by atoms with E-state index in [1.165, 1.54) is 0 Å². The third-order valence-electron chi connectivity index (χ3n) is 3.93. The van der Waals surface area contributed by atoms with Gasteiger partial charge in [0.05, 0.1) is 0 Å². The monoisotopic (exact) mass is 318 g/mol. The second-order valence-electron chi connectivity index (χ2n) is 7.04. The van der Waals surface area contributed by atoms with Crippen LogP contribution in [0.4, 0.5) is 4.79 Å². The van der Waals surface area contributed by atoms with Crippen LogP contribution < -0.4 is 0 Å². The summed E-state index contributed by atoms with van der Waals surface area (Å²) >= 11 is 0. The first-order chi connectivity index (χ1) is 10.9. The number of ether oxygens (including phenoxy) is 1. The van der Waals surface area contributed by atoms with E-state index in [9.17, 15) is 9.59 Å². The van der Waals surface area contributed by atoms with E-state index in [1.807, 2.05) is 20.8 Å². The van der Waals surface area contributed by atoms with Crippen LogP contribution >= 0.6 is 0 Å². The number of ketones is 1. The van der Waals surface area contributed by atoms with Crippen molar-refractivity contribution in [2.45, 2.75) is 64.5 Å². The molecule has 0 bridgehead atoms. The van der Waals surface area contributed by atoms with Gasteiger partial charge in [-0.1, -0.05) is 12.8 Å². The van der Waals surface area contributed by atoms with E-state index in [4.69, 9.17) is 4.74 Å². The Labute approximate surface area is 138 Å². The number of carbonyl (C=O) groups is 2. The Morgan fingerprint density at radius 2 is 1.91 bits per heavy atom. The second kappa shape index (κ2) is 7.57. The summed E-state index contributed by atoms with van der Waals surface area (Å²) in [6.45, 7) is 6.24. The largest absolute Gasteiger partial charge is 0.444 e. The highest BCUT2D eigenvalue weighted by Crippen LogP contribution is 2.23. The lowest BCUT2D eigenvalue weighted by Crippen LogP contribution is -2.44. The molecule has 0 radical (unpaired) electrons. The molecular weight excluding hydrogens is 292 g/mol. The lowest BCUT2D eigenvalue weighted by molar-refractivity contribution is 0.0162. The zero-order valence-corrected chi connectivity index (χ0v) is 14.2. The minimum Gasteiger partial charge on any atom is -0.444 e. The number of nitrogens with zero attached hydrogens (tertiary/aromatic N) is 2. The summed E-state index contributed by atoms with van der Waals surface area (Å²) < 4.78 is 5.52. The molecule has 0 spiro atoms. The Morgan fingerprint density at radius 3 is 2.57 bits per heavy atom. The molecule has 1 amide bonds. The van der Waals surface area contributed by atoms with Crippen molar-refractivity contribution in [3.63, 3.8) is 0 Å². The Balaban J connectivity index is 2.09. The summed E-state index contributed by atoms with van der Waals surface area (Å²) in [5.41, 5.74) is 0.122. The molecule has 1 atom stereocenters. The van der Waals surface area contributed by atoms with Gasteiger partial charge in [-0.2, -0.15) is 0 Å². The molecule has 1 unspecified atom stereocenters. The first-order valence-corrected chi connectivity index (χ1v) is 8.29. The van der Waals surface area contributed by atoms with Crippen molar-refractivity contribution < 1.29 is 14.3 Å². The summed E-state index contributed by atoms with van der Waals surface area (Å²) in [4.78, 5) is 30.6. The molecule has 2 rings (SSSR count). The molecule has 126 valence electrons. The van der Waals surface area contributed by atoms with Gasteiger partial charge in [-0.25, -0.2) is 4.79 Å². The number of hydrogen-bond donors (Lipinski definition) is 0. The molecule has 0 aliphatic carbocycles. The van der Waals surface area contributed by atoms with Crippen molar-refractivity contribution in [3.8, 4) is 0 Å². The fourth-order valence-electron chi connectivity index (χ4n) is 2.82. The van der Waals surface area contributed by atoms with Crippen molar-refractivity contribution in [2.24, 2.45) is 0 Å². The van der Waals surface area contributed by atoms with E-state index in [0.29, 0.717) is 18.5 Å². The fraction of sp³-hybridized carbons (Fsp3) is 0.611. The molecule has 1 aromatic heterocycles. The van der Waals surface area contributed by atoms with Crippen molar-refractivity contribution in [2.75, 3.05) is 6.54 Å². The van der Waals surface area contributed by atoms with E-state index >= 15 is 0 Å². The Hall–Kier alpha value is -1.91. The average molecular weight is 318 g/mol. The van der Waals surface area contributed by atoms with Crippen molar-refractivity contribution in [1.82, 2.24) is 9.88 Å². The molecule has 1 aliphatic heterocycles. The van der Waals surface area contributed by atoms with E-state index in [0.717, 1.165) is 25.7 Å². The Bertz CT molecular complexity index is 537. The molecule has 0 saturated carbocycles. The third-order valence-corrected chi connectivity index (χ3v) is 3.93. The van der Waals surface area contributed by atoms with E-state index in [2.05, 4.69) is 4.98 Å². The standard InChI is InChI=1S/C18H26N2O3/c1-18(2,3)23-17(22)20-12-6-4-5-7-15(20)13-16(21)14-8-10-19-11-9-14/h8-11,15H,4-7,12-13H2,1-3H3. The van der Waals surface area contributed by atoms with Crippen LogP contribution in [0.3, 0.4) is 0 Å². The third kappa shape index (κ3) is 5.34. The molecule has 1 aliphatic rings. The summed E-state index contributed by atoms with van der Waals surface area (Å²) in [5, 5.41) is 0. The molecule has 5 heteroatoms. The maximum absolute atomic E-state index is 12.5. The van der Waals surface area contributed by atoms with Gasteiger partial charge in [0.2, 0.25) is 0 Å². The van der Waals surface area contributed by atoms with Gasteiger partial charge in [0.25, 0.3) is 0 Å². The lowest BCUT2D eigenvalue weighted by atomic mass is 10.0. The van der Waals surface area contributed by atoms with Crippen molar-refractivity contribution in [1.29, 1.82) is 0 Å². The van der Waals surface area contributed by atoms with Gasteiger partial charge in [-0.3, -0.25) is 9.78 Å². The predicted octanol–water partition coefficient (Wildman–Crippen LogP) is 3.83. The average Bonchev–Trinajstić information content (AvgIpc) is 2.72. The van der Waals surface area contributed by atoms with Gasteiger partial charge in [0.15, 0.2) is 5.78 Å². The van der Waals surface area contributed by atoms with Crippen LogP contribution in [0, 0.1) is 0 Å². The molecule has 2 heterocycles. The first kappa shape index (κ1) is 17.4. The summed E-state index contributed by atoms with van der Waals surface area (Å²) in [6, 6.07) is 3.35. The summed E-state index contributed by atoms with van der Waals surface area (Å²) in [5.74, 6) is 0.0489. The van der Waals surface area contributed by atoms with Gasteiger partial charge in [-0.05, 0) is 45.7 Å². The zero-order chi connectivity index (χ0) is 16.9. The van der Waals surface area contributed by atoms with Crippen molar-refractivity contribution >= 4 is 11.9 Å². The van der Waals surface area contributed by atoms with Crippen LogP contribution in [-0.4, -0.2) is 39.9 Å². The number of pyridine rings is 1. The topological polar surface area (TPSA) is 59.5 Å². The predicted molar refractivity (Wildman–Crippen MR) is 88.4 cm³/mol. The summed E-state index contributed by atoms with van der Waals surface area (Å²) in [7, 11) is 0. The Kier molecular flexibility index (Phi) is 5.74. The maximum atomic E-state index is 12.5. The smallest absolute Gasteiger partial charge is 0.410 e. The molecule has 23 heavy (non-hydrogen) atoms. The highest BCUT2D eigenvalue weighted by molar-refractivity contribution is 5.96. The maximum Gasteiger partial charge on any atom is 0.410 e. The zero-order valence-electron chi connectivity index (χ0n) is 14.2. The molecule has 1 saturated heterocycles. The normalized spacial score (nSPS) is 19.1. The number of rotatable bonds is 3. The minimum atomic E-state index is -0.525. The SMILES string of the molecule is CC(C)(C)OC(=O)N1CCCCCC1CC(=O)c1ccncc1. The van der Waals surface area contributed by atoms with Gasteiger partial charge in [0, 0.05) is 37.0 Å². The number of carbonyl (C=O) groups excluding carboxylic acids is 2. The van der Waals surface area contributed by atoms with Crippen molar-refractivity contribution in [3.05, 3.63) is 30.1 Å². The van der Waals surface area contributed by atoms with Crippen LogP contribution in [0.2, 0.25) is 0 Å². The molecule has 0 N–H and O–H groups in total. The van der Waals surface area contributed by atoms with E-state index in [1.54, 1.807) is 29.4 Å². The number of Topliss-reactive ketones (excluding diaryl/α,β-unsaturated/α-hetero) is 1. The van der Waals surface area contributed by atoms with Gasteiger partial charge in [0.1, 0.15) is 5.60 Å². The van der Waals surface area contributed by atoms with Crippen LogP contribution in [0.5, 0.6) is 0 Å². The molecule has 0 aromatic carbocycles. The van der Waals surface area contributed by atoms with Gasteiger partial charge < -0.3 is 9.64 Å². The summed E-state index contributed by atoms with van der Waals surface area (Å²) in [6.07, 6.45) is 7.18. The number of likely N-dealkylation sites (tertiary alicyclic amines) is 1. The fourth-order valence-corrected chi connectivity index (χ4v) is 2.82. The van der Waals surface area contributed by atoms with Crippen LogP contribution in [0.1, 0.15) is 63.2 Å². The molecule has 1 aromatic rings. The second-order valence-corrected chi connectivity index (χ2v) is 7.04. The van der Waals surface area contributed by atoms with Gasteiger partial charge in [-0.15, -0.1) is 0 Å². The van der Waals surface area contributed by atoms with Crippen LogP contribution in [0.25, 0.3) is 0 Å².